The minimum Gasteiger partial charge on any atom is -0.444 e. The first kappa shape index (κ1) is 20.9. The van der Waals surface area contributed by atoms with Crippen LogP contribution in [0.5, 0.6) is 0 Å². The minimum absolute atomic E-state index is 0. The number of rotatable bonds is 3. The molecule has 146 valence electrons. The van der Waals surface area contributed by atoms with Gasteiger partial charge in [0, 0.05) is 12.1 Å². The van der Waals surface area contributed by atoms with Crippen molar-refractivity contribution >= 4 is 18.7 Å². The number of aromatic nitrogens is 2. The van der Waals surface area contributed by atoms with E-state index in [0.29, 0.717) is 29.4 Å². The molecule has 1 aliphatic heterocycles. The third-order valence-corrected chi connectivity index (χ3v) is 4.06. The summed E-state index contributed by atoms with van der Waals surface area (Å²) in [6, 6.07) is 6.20. The van der Waals surface area contributed by atoms with Gasteiger partial charge < -0.3 is 19.2 Å². The molecule has 1 aromatic carbocycles. The van der Waals surface area contributed by atoms with Crippen LogP contribution in [0.3, 0.4) is 0 Å². The summed E-state index contributed by atoms with van der Waals surface area (Å²) >= 11 is 0. The molecule has 1 aromatic heterocycles. The molecule has 0 radical (unpaired) electrons. The summed E-state index contributed by atoms with van der Waals surface area (Å²) < 4.78 is 11.2. The van der Waals surface area contributed by atoms with Gasteiger partial charge in [0.15, 0.2) is 0 Å². The second-order valence-corrected chi connectivity index (χ2v) is 7.27. The van der Waals surface area contributed by atoms with Gasteiger partial charge in [0.2, 0.25) is 11.8 Å². The molecule has 8 nitrogen and oxygen atoms in total. The van der Waals surface area contributed by atoms with Crippen LogP contribution in [-0.4, -0.2) is 50.5 Å². The Labute approximate surface area is 159 Å². The molecule has 1 aliphatic rings. The van der Waals surface area contributed by atoms with Crippen LogP contribution in [0.4, 0.5) is 4.79 Å². The smallest absolute Gasteiger partial charge is 0.444 e. The van der Waals surface area contributed by atoms with Crippen molar-refractivity contribution in [1.82, 2.24) is 15.1 Å². The molecular formula is C18H26BN3O5. The van der Waals surface area contributed by atoms with Crippen LogP contribution in [0.25, 0.3) is 11.5 Å². The number of benzene rings is 1. The van der Waals surface area contributed by atoms with Crippen molar-refractivity contribution in [3.8, 4) is 11.5 Å². The van der Waals surface area contributed by atoms with E-state index in [1.54, 1.807) is 29.2 Å². The summed E-state index contributed by atoms with van der Waals surface area (Å²) in [7, 11) is -1.52. The highest BCUT2D eigenvalue weighted by molar-refractivity contribution is 6.58. The van der Waals surface area contributed by atoms with E-state index in [9.17, 15) is 4.79 Å². The van der Waals surface area contributed by atoms with Crippen molar-refractivity contribution in [2.75, 3.05) is 6.54 Å². The Morgan fingerprint density at radius 1 is 1.26 bits per heavy atom. The number of carbonyl (C=O) groups excluding carboxylic acids is 1. The van der Waals surface area contributed by atoms with Gasteiger partial charge in [-0.1, -0.05) is 19.6 Å². The fraction of sp³-hybridized carbons (Fsp3) is 0.500. The summed E-state index contributed by atoms with van der Waals surface area (Å²) in [5, 5.41) is 26.4. The number of likely N-dealkylation sites (tertiary alicyclic amines) is 1. The van der Waals surface area contributed by atoms with Gasteiger partial charge in [0.1, 0.15) is 11.6 Å². The highest BCUT2D eigenvalue weighted by Crippen LogP contribution is 2.33. The van der Waals surface area contributed by atoms with Gasteiger partial charge in [-0.25, -0.2) is 4.79 Å². The maximum Gasteiger partial charge on any atom is 0.488 e. The first-order valence-corrected chi connectivity index (χ1v) is 8.54. The molecule has 2 heterocycles. The Hall–Kier alpha value is -2.39. The van der Waals surface area contributed by atoms with Crippen molar-refractivity contribution in [1.29, 1.82) is 0 Å². The van der Waals surface area contributed by atoms with Crippen molar-refractivity contribution in [3.63, 3.8) is 0 Å². The van der Waals surface area contributed by atoms with E-state index in [4.69, 9.17) is 19.2 Å². The highest BCUT2D eigenvalue weighted by atomic mass is 16.6. The van der Waals surface area contributed by atoms with Crippen LogP contribution in [0.15, 0.2) is 28.7 Å². The summed E-state index contributed by atoms with van der Waals surface area (Å²) in [4.78, 5) is 14.0. The number of ether oxygens (including phenoxy) is 1. The Balaban J connectivity index is 0.00000261. The zero-order valence-corrected chi connectivity index (χ0v) is 15.0. The normalized spacial score (nSPS) is 16.8. The lowest BCUT2D eigenvalue weighted by atomic mass is 9.80. The lowest BCUT2D eigenvalue weighted by Gasteiger charge is -2.27. The molecule has 9 heteroatoms. The second kappa shape index (κ2) is 8.10. The van der Waals surface area contributed by atoms with Gasteiger partial charge in [0.25, 0.3) is 0 Å². The third kappa shape index (κ3) is 4.87. The molecule has 0 saturated carbocycles. The van der Waals surface area contributed by atoms with Crippen LogP contribution in [0.2, 0.25) is 0 Å². The molecule has 3 rings (SSSR count). The van der Waals surface area contributed by atoms with E-state index in [2.05, 4.69) is 10.2 Å². The average Bonchev–Trinajstić information content (AvgIpc) is 3.22. The first-order valence-electron chi connectivity index (χ1n) is 8.54. The van der Waals surface area contributed by atoms with Gasteiger partial charge in [-0.15, -0.1) is 10.2 Å². The Bertz CT molecular complexity index is 770. The fourth-order valence-electron chi connectivity index (χ4n) is 2.85. The van der Waals surface area contributed by atoms with Gasteiger partial charge in [-0.2, -0.15) is 0 Å². The number of nitrogens with zero attached hydrogens (tertiary/aromatic N) is 3. The van der Waals surface area contributed by atoms with Crippen molar-refractivity contribution in [3.05, 3.63) is 30.2 Å². The van der Waals surface area contributed by atoms with E-state index >= 15 is 0 Å². The zero-order valence-electron chi connectivity index (χ0n) is 15.0. The van der Waals surface area contributed by atoms with E-state index in [0.717, 1.165) is 12.8 Å². The number of hydrogen-bond acceptors (Lipinski definition) is 7. The van der Waals surface area contributed by atoms with Gasteiger partial charge in [-0.05, 0) is 51.2 Å². The van der Waals surface area contributed by atoms with Gasteiger partial charge in [-0.3, -0.25) is 4.90 Å². The molecule has 2 aromatic rings. The van der Waals surface area contributed by atoms with Gasteiger partial charge >= 0.3 is 13.2 Å². The Morgan fingerprint density at radius 3 is 2.52 bits per heavy atom. The summed E-state index contributed by atoms with van der Waals surface area (Å²) in [6.45, 7) is 6.07. The molecule has 0 spiro atoms. The monoisotopic (exact) mass is 375 g/mol. The molecule has 1 fully saturated rings. The van der Waals surface area contributed by atoms with Crippen LogP contribution < -0.4 is 5.46 Å². The number of carbonyl (C=O) groups is 1. The van der Waals surface area contributed by atoms with Crippen molar-refractivity contribution in [2.45, 2.75) is 52.7 Å². The highest BCUT2D eigenvalue weighted by Gasteiger charge is 2.36. The molecule has 1 saturated heterocycles. The molecule has 1 atom stereocenters. The first-order chi connectivity index (χ1) is 12.2. The van der Waals surface area contributed by atoms with Gasteiger partial charge in [0.05, 0.1) is 0 Å². The standard InChI is InChI=1S/C17H22BN3O5.CH4/c1-17(2,3)26-16(22)21-10-4-5-13(21)15-20-19-14(25-15)11-6-8-12(9-7-11)18(23)24;/h6-9,13,23-24H,4-5,10H2,1-3H3;1H4/t13-;/m0./s1. The predicted octanol–water partition coefficient (Wildman–Crippen LogP) is 2.12. The van der Waals surface area contributed by atoms with E-state index in [1.165, 1.54) is 0 Å². The fourth-order valence-corrected chi connectivity index (χ4v) is 2.85. The quantitative estimate of drug-likeness (QED) is 0.791. The van der Waals surface area contributed by atoms with Crippen LogP contribution in [0, 0.1) is 0 Å². The molecular weight excluding hydrogens is 349 g/mol. The molecule has 0 aliphatic carbocycles. The maximum atomic E-state index is 12.4. The van der Waals surface area contributed by atoms with E-state index in [-0.39, 0.29) is 19.6 Å². The number of amides is 1. The molecule has 1 amide bonds. The summed E-state index contributed by atoms with van der Waals surface area (Å²) in [6.07, 6.45) is 1.18. The Kier molecular flexibility index (Phi) is 6.28. The van der Waals surface area contributed by atoms with Crippen LogP contribution in [-0.2, 0) is 4.74 Å². The molecule has 0 unspecified atom stereocenters. The predicted molar refractivity (Wildman–Crippen MR) is 101 cm³/mol. The third-order valence-electron chi connectivity index (χ3n) is 4.06. The Morgan fingerprint density at radius 2 is 1.93 bits per heavy atom. The molecule has 27 heavy (non-hydrogen) atoms. The topological polar surface area (TPSA) is 109 Å². The zero-order chi connectivity index (χ0) is 18.9. The maximum absolute atomic E-state index is 12.4. The largest absolute Gasteiger partial charge is 0.488 e. The summed E-state index contributed by atoms with van der Waals surface area (Å²) in [5.41, 5.74) is 0.471. The van der Waals surface area contributed by atoms with Crippen LogP contribution >= 0.6 is 0 Å². The molecule has 0 bridgehead atoms. The van der Waals surface area contributed by atoms with E-state index < -0.39 is 12.7 Å². The van der Waals surface area contributed by atoms with Crippen molar-refractivity contribution in [2.24, 2.45) is 0 Å². The molecule has 2 N–H and O–H groups in total. The average molecular weight is 375 g/mol. The lowest BCUT2D eigenvalue weighted by Crippen LogP contribution is -2.36. The van der Waals surface area contributed by atoms with Crippen molar-refractivity contribution < 1.29 is 24.0 Å². The number of hydrogen-bond donors (Lipinski definition) is 2. The summed E-state index contributed by atoms with van der Waals surface area (Å²) in [5.74, 6) is 0.685. The van der Waals surface area contributed by atoms with E-state index in [1.807, 2.05) is 20.8 Å². The lowest BCUT2D eigenvalue weighted by molar-refractivity contribution is 0.0204. The second-order valence-electron chi connectivity index (χ2n) is 7.27. The minimum atomic E-state index is -1.52. The SMILES string of the molecule is C.CC(C)(C)OC(=O)N1CCC[C@H]1c1nnc(-c2ccc(B(O)O)cc2)o1. The van der Waals surface area contributed by atoms with Crippen LogP contribution in [0.1, 0.15) is 53.0 Å².